The highest BCUT2D eigenvalue weighted by Gasteiger charge is 2.17. The van der Waals surface area contributed by atoms with E-state index in [1.807, 2.05) is 95.1 Å². The van der Waals surface area contributed by atoms with Gasteiger partial charge >= 0.3 is 5.69 Å². The Hall–Kier alpha value is -4.85. The second-order valence-corrected chi connectivity index (χ2v) is 8.24. The number of amides is 1. The molecule has 2 N–H and O–H groups in total. The molecule has 194 valence electrons. The number of benzene rings is 3. The van der Waals surface area contributed by atoms with Gasteiger partial charge in [-0.15, -0.1) is 0 Å². The van der Waals surface area contributed by atoms with E-state index in [1.54, 1.807) is 29.2 Å². The number of nitrogens with one attached hydrogen (secondary N) is 2. The number of carbonyl (C=O) groups is 2. The molecular weight excluding hydrogens is 478 g/mol. The van der Waals surface area contributed by atoms with Gasteiger partial charge in [-0.3, -0.25) is 19.3 Å². The minimum Gasteiger partial charge on any atom is -0.344 e. The van der Waals surface area contributed by atoms with Crippen molar-refractivity contribution in [3.63, 3.8) is 0 Å². The fourth-order valence-corrected chi connectivity index (χ4v) is 3.98. The van der Waals surface area contributed by atoms with E-state index in [1.165, 1.54) is 0 Å². The quantitative estimate of drug-likeness (QED) is 0.329. The van der Waals surface area contributed by atoms with Crippen molar-refractivity contribution < 1.29 is 9.59 Å². The van der Waals surface area contributed by atoms with Crippen LogP contribution in [0.15, 0.2) is 90.1 Å². The summed E-state index contributed by atoms with van der Waals surface area (Å²) in [6.07, 6.45) is 4.82. The Balaban J connectivity index is 0.000000956. The average Bonchev–Trinajstić information content (AvgIpc) is 3.31. The van der Waals surface area contributed by atoms with E-state index in [4.69, 9.17) is 4.79 Å². The third kappa shape index (κ3) is 6.10. The third-order valence-electron chi connectivity index (χ3n) is 5.79. The molecule has 0 radical (unpaired) electrons. The Labute approximate surface area is 221 Å². The SMILES string of the molecule is C=O.CC.Cc1ccc(-c2cc(C(=O)NC(C)c3cnccn3)cc(-n3c(=O)[nH]c4ccccc43)c2)cc1. The smallest absolute Gasteiger partial charge is 0.331 e. The van der Waals surface area contributed by atoms with Crippen LogP contribution in [0.1, 0.15) is 48.4 Å². The molecule has 0 fully saturated rings. The predicted molar refractivity (Wildman–Crippen MR) is 150 cm³/mol. The van der Waals surface area contributed by atoms with Gasteiger partial charge in [0.15, 0.2) is 0 Å². The van der Waals surface area contributed by atoms with Crippen LogP contribution in [0.3, 0.4) is 0 Å². The molecule has 2 heterocycles. The zero-order valence-corrected chi connectivity index (χ0v) is 21.9. The molecule has 1 atom stereocenters. The van der Waals surface area contributed by atoms with Crippen molar-refractivity contribution in [1.82, 2.24) is 24.8 Å². The van der Waals surface area contributed by atoms with E-state index in [0.29, 0.717) is 16.9 Å². The summed E-state index contributed by atoms with van der Waals surface area (Å²) in [7, 11) is 0. The lowest BCUT2D eigenvalue weighted by Gasteiger charge is -2.15. The maximum absolute atomic E-state index is 13.3. The van der Waals surface area contributed by atoms with Gasteiger partial charge in [0.2, 0.25) is 0 Å². The van der Waals surface area contributed by atoms with Crippen LogP contribution in [0, 0.1) is 6.92 Å². The van der Waals surface area contributed by atoms with Crippen molar-refractivity contribution in [3.8, 4) is 16.8 Å². The molecule has 5 rings (SSSR count). The number of hydrogen-bond donors (Lipinski definition) is 2. The standard InChI is InChI=1S/C27H23N5O2.C2H6.CH2O/c1-17-7-9-19(10-8-17)20-13-21(26(33)30-18(2)24-16-28-11-12-29-24)15-22(14-20)32-25-6-4-3-5-23(25)31-27(32)34;2*1-2/h3-16,18H,1-2H3,(H,30,33)(H,31,34);1-2H3;1H2. The Morgan fingerprint density at radius 2 is 1.68 bits per heavy atom. The Kier molecular flexibility index (Phi) is 9.42. The van der Waals surface area contributed by atoms with E-state index in [9.17, 15) is 9.59 Å². The number of H-pyrrole nitrogens is 1. The zero-order valence-electron chi connectivity index (χ0n) is 21.9. The topological polar surface area (TPSA) is 110 Å². The summed E-state index contributed by atoms with van der Waals surface area (Å²) in [6, 6.07) is 20.7. The van der Waals surface area contributed by atoms with E-state index in [-0.39, 0.29) is 17.6 Å². The third-order valence-corrected chi connectivity index (χ3v) is 5.79. The Morgan fingerprint density at radius 1 is 0.974 bits per heavy atom. The monoisotopic (exact) mass is 509 g/mol. The molecule has 0 aliphatic rings. The van der Waals surface area contributed by atoms with Gasteiger partial charge in [-0.2, -0.15) is 0 Å². The van der Waals surface area contributed by atoms with E-state index >= 15 is 0 Å². The number of nitrogens with zero attached hydrogens (tertiary/aromatic N) is 3. The number of aryl methyl sites for hydroxylation is 1. The highest BCUT2D eigenvalue weighted by atomic mass is 16.2. The fourth-order valence-electron chi connectivity index (χ4n) is 3.98. The first-order valence-corrected chi connectivity index (χ1v) is 12.3. The predicted octanol–water partition coefficient (Wildman–Crippen LogP) is 5.42. The summed E-state index contributed by atoms with van der Waals surface area (Å²) < 4.78 is 1.59. The number of fused-ring (bicyclic) bond motifs is 1. The summed E-state index contributed by atoms with van der Waals surface area (Å²) in [5.41, 5.74) is 5.87. The number of aromatic amines is 1. The van der Waals surface area contributed by atoms with Crippen LogP contribution in [-0.4, -0.2) is 32.2 Å². The van der Waals surface area contributed by atoms with Gasteiger partial charge in [-0.05, 0) is 55.3 Å². The van der Waals surface area contributed by atoms with Gasteiger partial charge in [0.05, 0.1) is 34.7 Å². The highest BCUT2D eigenvalue weighted by Crippen LogP contribution is 2.26. The van der Waals surface area contributed by atoms with E-state index < -0.39 is 0 Å². The molecule has 1 amide bonds. The summed E-state index contributed by atoms with van der Waals surface area (Å²) in [4.78, 5) is 45.4. The zero-order chi connectivity index (χ0) is 27.7. The molecule has 5 aromatic rings. The number of hydrogen-bond acceptors (Lipinski definition) is 5. The van der Waals surface area contributed by atoms with Gasteiger partial charge in [-0.1, -0.05) is 55.8 Å². The molecule has 8 nitrogen and oxygen atoms in total. The summed E-state index contributed by atoms with van der Waals surface area (Å²) in [5.74, 6) is -0.263. The molecule has 38 heavy (non-hydrogen) atoms. The summed E-state index contributed by atoms with van der Waals surface area (Å²) >= 11 is 0. The van der Waals surface area contributed by atoms with Gasteiger partial charge in [0.1, 0.15) is 6.79 Å². The van der Waals surface area contributed by atoms with Crippen molar-refractivity contribution in [2.45, 2.75) is 33.7 Å². The Morgan fingerprint density at radius 3 is 2.37 bits per heavy atom. The number of rotatable bonds is 5. The average molecular weight is 510 g/mol. The highest BCUT2D eigenvalue weighted by molar-refractivity contribution is 5.96. The van der Waals surface area contributed by atoms with Crippen LogP contribution >= 0.6 is 0 Å². The van der Waals surface area contributed by atoms with Crippen molar-refractivity contribution in [1.29, 1.82) is 0 Å². The molecule has 2 aromatic heterocycles. The van der Waals surface area contributed by atoms with E-state index in [0.717, 1.165) is 27.7 Å². The van der Waals surface area contributed by atoms with Gasteiger partial charge in [0.25, 0.3) is 5.91 Å². The van der Waals surface area contributed by atoms with Crippen LogP contribution in [-0.2, 0) is 4.79 Å². The number of para-hydroxylation sites is 2. The van der Waals surface area contributed by atoms with Crippen molar-refractivity contribution in [2.24, 2.45) is 0 Å². The van der Waals surface area contributed by atoms with Crippen LogP contribution in [0.25, 0.3) is 27.8 Å². The molecule has 0 saturated heterocycles. The normalized spacial score (nSPS) is 10.9. The van der Waals surface area contributed by atoms with Crippen LogP contribution in [0.2, 0.25) is 0 Å². The number of imidazole rings is 1. The largest absolute Gasteiger partial charge is 0.344 e. The molecular formula is C30H31N5O3. The van der Waals surface area contributed by atoms with Crippen LogP contribution < -0.4 is 11.0 Å². The molecule has 8 heteroatoms. The minimum absolute atomic E-state index is 0.262. The summed E-state index contributed by atoms with van der Waals surface area (Å²) in [5, 5.41) is 2.99. The minimum atomic E-state index is -0.330. The first-order valence-electron chi connectivity index (χ1n) is 12.3. The second kappa shape index (κ2) is 12.9. The molecule has 0 spiro atoms. The molecule has 0 aliphatic carbocycles. The number of aromatic nitrogens is 4. The molecule has 0 saturated carbocycles. The fraction of sp³-hybridized carbons (Fsp3) is 0.167. The lowest BCUT2D eigenvalue weighted by molar-refractivity contribution is -0.0980. The first-order chi connectivity index (χ1) is 18.5. The second-order valence-electron chi connectivity index (χ2n) is 8.24. The number of carbonyl (C=O) groups excluding carboxylic acids is 2. The lowest BCUT2D eigenvalue weighted by Crippen LogP contribution is -2.27. The Bertz CT molecular complexity index is 1560. The van der Waals surface area contributed by atoms with Gasteiger partial charge < -0.3 is 15.1 Å². The summed E-state index contributed by atoms with van der Waals surface area (Å²) in [6.45, 7) is 9.88. The van der Waals surface area contributed by atoms with E-state index in [2.05, 4.69) is 20.3 Å². The van der Waals surface area contributed by atoms with Crippen molar-refractivity contribution in [2.75, 3.05) is 0 Å². The van der Waals surface area contributed by atoms with Gasteiger partial charge in [-0.25, -0.2) is 4.79 Å². The van der Waals surface area contributed by atoms with Crippen molar-refractivity contribution >= 4 is 23.7 Å². The first kappa shape index (κ1) is 27.7. The maximum Gasteiger partial charge on any atom is 0.331 e. The van der Waals surface area contributed by atoms with Gasteiger partial charge in [0, 0.05) is 18.0 Å². The molecule has 0 bridgehead atoms. The molecule has 0 aliphatic heterocycles. The van der Waals surface area contributed by atoms with Crippen LogP contribution in [0.4, 0.5) is 0 Å². The van der Waals surface area contributed by atoms with Crippen molar-refractivity contribution in [3.05, 3.63) is 113 Å². The molecule has 1 unspecified atom stereocenters. The molecule has 3 aromatic carbocycles. The van der Waals surface area contributed by atoms with Crippen LogP contribution in [0.5, 0.6) is 0 Å². The maximum atomic E-state index is 13.3. The lowest BCUT2D eigenvalue weighted by atomic mass is 10.00.